The van der Waals surface area contributed by atoms with E-state index in [0.717, 1.165) is 5.56 Å². The predicted molar refractivity (Wildman–Crippen MR) is 57.7 cm³/mol. The summed E-state index contributed by atoms with van der Waals surface area (Å²) >= 11 is 0. The molecule has 0 aliphatic heterocycles. The lowest BCUT2D eigenvalue weighted by Gasteiger charge is -2.02. The van der Waals surface area contributed by atoms with Crippen molar-refractivity contribution < 1.29 is 4.79 Å². The van der Waals surface area contributed by atoms with Gasteiger partial charge in [0, 0.05) is 13.0 Å². The summed E-state index contributed by atoms with van der Waals surface area (Å²) in [6.07, 6.45) is 4.19. The Morgan fingerprint density at radius 2 is 2.07 bits per heavy atom. The maximum absolute atomic E-state index is 11.2. The van der Waals surface area contributed by atoms with Gasteiger partial charge in [-0.1, -0.05) is 42.5 Å². The highest BCUT2D eigenvalue weighted by Gasteiger charge is 1.96. The Kier molecular flexibility index (Phi) is 4.48. The molecule has 1 aromatic rings. The van der Waals surface area contributed by atoms with Crippen LogP contribution in [0.3, 0.4) is 0 Å². The fourth-order valence-corrected chi connectivity index (χ4v) is 1.09. The number of amides is 1. The Labute approximate surface area is 84.6 Å². The molecule has 0 fully saturated rings. The lowest BCUT2D eigenvalue weighted by Crippen LogP contribution is -2.21. The molecule has 0 aliphatic carbocycles. The van der Waals surface area contributed by atoms with Gasteiger partial charge in [-0.25, -0.2) is 0 Å². The van der Waals surface area contributed by atoms with E-state index in [2.05, 4.69) is 5.32 Å². The normalized spacial score (nSPS) is 10.4. The number of benzene rings is 1. The fourth-order valence-electron chi connectivity index (χ4n) is 1.09. The molecule has 0 aromatic heterocycles. The molecule has 1 N–H and O–H groups in total. The smallest absolute Gasteiger partial charge is 0.224 e. The molecule has 74 valence electrons. The molecule has 14 heavy (non-hydrogen) atoms. The van der Waals surface area contributed by atoms with Crippen LogP contribution in [0.2, 0.25) is 0 Å². The van der Waals surface area contributed by atoms with E-state index in [0.29, 0.717) is 13.0 Å². The van der Waals surface area contributed by atoms with Gasteiger partial charge in [-0.3, -0.25) is 4.79 Å². The summed E-state index contributed by atoms with van der Waals surface area (Å²) in [6.45, 7) is 2.52. The number of nitrogens with one attached hydrogen (secondary N) is 1. The van der Waals surface area contributed by atoms with Gasteiger partial charge in [0.05, 0.1) is 0 Å². The van der Waals surface area contributed by atoms with Crippen LogP contribution in [-0.2, 0) is 11.3 Å². The molecule has 0 atom stereocenters. The maximum Gasteiger partial charge on any atom is 0.224 e. The average molecular weight is 189 g/mol. The molecule has 0 spiro atoms. The first kappa shape index (κ1) is 10.5. The van der Waals surface area contributed by atoms with Gasteiger partial charge in [0.1, 0.15) is 0 Å². The summed E-state index contributed by atoms with van der Waals surface area (Å²) in [5.41, 5.74) is 1.13. The third-order valence-corrected chi connectivity index (χ3v) is 1.87. The van der Waals surface area contributed by atoms with Crippen LogP contribution in [0.4, 0.5) is 0 Å². The summed E-state index contributed by atoms with van der Waals surface area (Å²) < 4.78 is 0. The molecule has 0 aliphatic rings. The second kappa shape index (κ2) is 5.97. The second-order valence-corrected chi connectivity index (χ2v) is 3.04. The Hall–Kier alpha value is -1.57. The molecular formula is C12H15NO. The molecule has 0 bridgehead atoms. The lowest BCUT2D eigenvalue weighted by atomic mass is 10.2. The molecule has 0 radical (unpaired) electrons. The van der Waals surface area contributed by atoms with E-state index in [-0.39, 0.29) is 5.91 Å². The molecule has 2 heteroatoms. The van der Waals surface area contributed by atoms with E-state index in [9.17, 15) is 4.79 Å². The van der Waals surface area contributed by atoms with E-state index < -0.39 is 0 Å². The van der Waals surface area contributed by atoms with Crippen LogP contribution in [0.5, 0.6) is 0 Å². The average Bonchev–Trinajstić information content (AvgIpc) is 2.25. The topological polar surface area (TPSA) is 29.1 Å². The molecule has 0 saturated carbocycles. The van der Waals surface area contributed by atoms with Crippen molar-refractivity contribution in [2.45, 2.75) is 19.9 Å². The fraction of sp³-hybridized carbons (Fsp3) is 0.250. The van der Waals surface area contributed by atoms with Gasteiger partial charge in [0.15, 0.2) is 0 Å². The Morgan fingerprint density at radius 1 is 1.36 bits per heavy atom. The maximum atomic E-state index is 11.2. The van der Waals surface area contributed by atoms with Crippen molar-refractivity contribution in [2.75, 3.05) is 0 Å². The van der Waals surface area contributed by atoms with Gasteiger partial charge < -0.3 is 5.32 Å². The highest BCUT2D eigenvalue weighted by atomic mass is 16.1. The van der Waals surface area contributed by atoms with Crippen molar-refractivity contribution in [1.29, 1.82) is 0 Å². The van der Waals surface area contributed by atoms with Crippen LogP contribution in [0, 0.1) is 0 Å². The van der Waals surface area contributed by atoms with Crippen molar-refractivity contribution in [2.24, 2.45) is 0 Å². The van der Waals surface area contributed by atoms with E-state index in [1.165, 1.54) is 0 Å². The van der Waals surface area contributed by atoms with E-state index in [4.69, 9.17) is 0 Å². The summed E-state index contributed by atoms with van der Waals surface area (Å²) in [6, 6.07) is 9.89. The van der Waals surface area contributed by atoms with E-state index in [1.807, 2.05) is 49.4 Å². The minimum Gasteiger partial charge on any atom is -0.352 e. The minimum atomic E-state index is 0.0620. The Morgan fingerprint density at radius 3 is 2.71 bits per heavy atom. The number of rotatable bonds is 4. The zero-order valence-electron chi connectivity index (χ0n) is 8.36. The predicted octanol–water partition coefficient (Wildman–Crippen LogP) is 2.27. The van der Waals surface area contributed by atoms with Gasteiger partial charge in [-0.2, -0.15) is 0 Å². The Balaban J connectivity index is 2.31. The van der Waals surface area contributed by atoms with Gasteiger partial charge >= 0.3 is 0 Å². The quantitative estimate of drug-likeness (QED) is 0.723. The van der Waals surface area contributed by atoms with Gasteiger partial charge in [0.25, 0.3) is 0 Å². The van der Waals surface area contributed by atoms with Crippen molar-refractivity contribution in [3.8, 4) is 0 Å². The summed E-state index contributed by atoms with van der Waals surface area (Å²) in [5.74, 6) is 0.0620. The van der Waals surface area contributed by atoms with Crippen LogP contribution in [0.1, 0.15) is 18.9 Å². The number of carbonyl (C=O) groups excluding carboxylic acids is 1. The van der Waals surface area contributed by atoms with Crippen LogP contribution in [-0.4, -0.2) is 5.91 Å². The summed E-state index contributed by atoms with van der Waals surface area (Å²) in [7, 11) is 0. The number of hydrogen-bond acceptors (Lipinski definition) is 1. The lowest BCUT2D eigenvalue weighted by molar-refractivity contribution is -0.120. The third-order valence-electron chi connectivity index (χ3n) is 1.87. The van der Waals surface area contributed by atoms with Crippen LogP contribution in [0.15, 0.2) is 42.5 Å². The summed E-state index contributed by atoms with van der Waals surface area (Å²) in [5, 5.41) is 2.84. The largest absolute Gasteiger partial charge is 0.352 e. The van der Waals surface area contributed by atoms with Crippen molar-refractivity contribution in [3.05, 3.63) is 48.0 Å². The van der Waals surface area contributed by atoms with Gasteiger partial charge in [-0.05, 0) is 12.5 Å². The molecule has 1 rings (SSSR count). The van der Waals surface area contributed by atoms with Gasteiger partial charge in [0.2, 0.25) is 5.91 Å². The highest BCUT2D eigenvalue weighted by Crippen LogP contribution is 1.97. The highest BCUT2D eigenvalue weighted by molar-refractivity contribution is 5.77. The molecule has 0 heterocycles. The molecule has 1 amide bonds. The summed E-state index contributed by atoms with van der Waals surface area (Å²) in [4.78, 5) is 11.2. The zero-order valence-corrected chi connectivity index (χ0v) is 8.36. The van der Waals surface area contributed by atoms with Crippen molar-refractivity contribution >= 4 is 5.91 Å². The van der Waals surface area contributed by atoms with Crippen molar-refractivity contribution in [1.82, 2.24) is 5.32 Å². The van der Waals surface area contributed by atoms with Crippen LogP contribution < -0.4 is 5.32 Å². The van der Waals surface area contributed by atoms with E-state index >= 15 is 0 Å². The third kappa shape index (κ3) is 3.90. The molecular weight excluding hydrogens is 174 g/mol. The van der Waals surface area contributed by atoms with Crippen molar-refractivity contribution in [3.63, 3.8) is 0 Å². The van der Waals surface area contributed by atoms with Gasteiger partial charge in [-0.15, -0.1) is 0 Å². The molecule has 1 aromatic carbocycles. The van der Waals surface area contributed by atoms with Crippen LogP contribution >= 0.6 is 0 Å². The van der Waals surface area contributed by atoms with E-state index in [1.54, 1.807) is 0 Å². The molecule has 2 nitrogen and oxygen atoms in total. The molecule has 0 unspecified atom stereocenters. The van der Waals surface area contributed by atoms with Crippen LogP contribution in [0.25, 0.3) is 0 Å². The number of hydrogen-bond donors (Lipinski definition) is 1. The first-order chi connectivity index (χ1) is 6.83. The number of allylic oxidation sites excluding steroid dienone is 1. The monoisotopic (exact) mass is 189 g/mol. The standard InChI is InChI=1S/C12H15NO/c1-2-3-9-12(14)13-10-11-7-5-4-6-8-11/h2-8H,9-10H2,1H3,(H,13,14)/b3-2-. The second-order valence-electron chi connectivity index (χ2n) is 3.04. The molecule has 0 saturated heterocycles. The minimum absolute atomic E-state index is 0.0620. The number of carbonyl (C=O) groups is 1. The first-order valence-electron chi connectivity index (χ1n) is 4.74. The SMILES string of the molecule is C/C=C\CC(=O)NCc1ccccc1. The first-order valence-corrected chi connectivity index (χ1v) is 4.74. The zero-order chi connectivity index (χ0) is 10.2. The Bertz CT molecular complexity index is 303.